The van der Waals surface area contributed by atoms with Crippen LogP contribution in [0.4, 0.5) is 5.69 Å². The first kappa shape index (κ1) is 21.0. The zero-order valence-corrected chi connectivity index (χ0v) is 16.2. The quantitative estimate of drug-likeness (QED) is 0.432. The molecule has 0 bridgehead atoms. The zero-order chi connectivity index (χ0) is 21.7. The van der Waals surface area contributed by atoms with Crippen LogP contribution >= 0.6 is 0 Å². The summed E-state index contributed by atoms with van der Waals surface area (Å²) in [5.74, 6) is -2.45. The van der Waals surface area contributed by atoms with Crippen LogP contribution in [0.1, 0.15) is 26.5 Å². The molecule has 0 spiro atoms. The third-order valence-electron chi connectivity index (χ3n) is 3.88. The van der Waals surface area contributed by atoms with E-state index < -0.39 is 39.4 Å². The Morgan fingerprint density at radius 1 is 0.933 bits per heavy atom. The lowest BCUT2D eigenvalue weighted by Gasteiger charge is -2.10. The Labute approximate surface area is 171 Å². The molecule has 0 aliphatic heterocycles. The number of ketones is 1. The van der Waals surface area contributed by atoms with Gasteiger partial charge in [-0.3, -0.25) is 9.59 Å². The maximum atomic E-state index is 12.7. The van der Waals surface area contributed by atoms with Gasteiger partial charge >= 0.3 is 5.97 Å². The number of benzene rings is 2. The van der Waals surface area contributed by atoms with Crippen molar-refractivity contribution >= 4 is 33.4 Å². The van der Waals surface area contributed by atoms with Gasteiger partial charge in [-0.1, -0.05) is 42.5 Å². The first-order valence-corrected chi connectivity index (χ1v) is 10.1. The molecular weight excluding hydrogens is 412 g/mol. The molecule has 3 aromatic rings. The highest BCUT2D eigenvalue weighted by Crippen LogP contribution is 2.19. The summed E-state index contributed by atoms with van der Waals surface area (Å²) in [7, 11) is -4.11. The van der Waals surface area contributed by atoms with Crippen LogP contribution in [-0.4, -0.2) is 32.7 Å². The van der Waals surface area contributed by atoms with E-state index in [1.54, 1.807) is 54.6 Å². The summed E-state index contributed by atoms with van der Waals surface area (Å²) in [4.78, 5) is 36.8. The minimum absolute atomic E-state index is 0.252. The van der Waals surface area contributed by atoms with E-state index in [-0.39, 0.29) is 17.0 Å². The van der Waals surface area contributed by atoms with E-state index in [0.717, 1.165) is 12.1 Å². The average molecular weight is 428 g/mol. The molecule has 0 radical (unpaired) electrons. The van der Waals surface area contributed by atoms with Gasteiger partial charge in [0.15, 0.2) is 12.4 Å². The molecule has 1 heterocycles. The number of primary sulfonamides is 1. The van der Waals surface area contributed by atoms with Crippen molar-refractivity contribution in [1.29, 1.82) is 0 Å². The summed E-state index contributed by atoms with van der Waals surface area (Å²) in [5, 5.41) is 6.80. The van der Waals surface area contributed by atoms with Crippen molar-refractivity contribution in [2.45, 2.75) is 5.09 Å². The third kappa shape index (κ3) is 4.99. The van der Waals surface area contributed by atoms with Crippen LogP contribution in [0.3, 0.4) is 0 Å². The van der Waals surface area contributed by atoms with Gasteiger partial charge in [0.2, 0.25) is 10.9 Å². The van der Waals surface area contributed by atoms with Gasteiger partial charge in [0, 0.05) is 11.1 Å². The molecule has 0 fully saturated rings. The SMILES string of the molecule is NS(=O)(=O)c1ccc(C(=O)OCC(=O)Nc2ccccc2C(=O)c2ccccc2)o1. The fourth-order valence-electron chi connectivity index (χ4n) is 2.51. The van der Waals surface area contributed by atoms with Crippen molar-refractivity contribution in [3.8, 4) is 0 Å². The van der Waals surface area contributed by atoms with Crippen LogP contribution in [0.15, 0.2) is 76.2 Å². The summed E-state index contributed by atoms with van der Waals surface area (Å²) in [6.45, 7) is -0.682. The molecule has 3 N–H and O–H groups in total. The second-order valence-corrected chi connectivity index (χ2v) is 7.52. The van der Waals surface area contributed by atoms with Crippen LogP contribution in [0.5, 0.6) is 0 Å². The van der Waals surface area contributed by atoms with Crippen LogP contribution < -0.4 is 10.5 Å². The standard InChI is InChI=1S/C20H16N2O7S/c21-30(26,27)18-11-10-16(29-18)20(25)28-12-17(23)22-15-9-5-4-8-14(15)19(24)13-6-2-1-3-7-13/h1-11H,12H2,(H,22,23)(H2,21,26,27). The molecule has 30 heavy (non-hydrogen) atoms. The van der Waals surface area contributed by atoms with E-state index in [1.165, 1.54) is 0 Å². The summed E-state index contributed by atoms with van der Waals surface area (Å²) in [6, 6.07) is 17.0. The van der Waals surface area contributed by atoms with E-state index in [2.05, 4.69) is 5.32 Å². The van der Waals surface area contributed by atoms with Crippen LogP contribution in [0.2, 0.25) is 0 Å². The van der Waals surface area contributed by atoms with Gasteiger partial charge in [-0.05, 0) is 24.3 Å². The van der Waals surface area contributed by atoms with E-state index >= 15 is 0 Å². The van der Waals surface area contributed by atoms with E-state index in [0.29, 0.717) is 5.56 Å². The van der Waals surface area contributed by atoms with Gasteiger partial charge in [0.25, 0.3) is 15.9 Å². The maximum Gasteiger partial charge on any atom is 0.374 e. The van der Waals surface area contributed by atoms with Crippen molar-refractivity contribution in [1.82, 2.24) is 0 Å². The number of para-hydroxylation sites is 1. The molecule has 3 rings (SSSR count). The summed E-state index contributed by atoms with van der Waals surface area (Å²) >= 11 is 0. The molecule has 0 aliphatic carbocycles. The second-order valence-electron chi connectivity index (χ2n) is 6.03. The minimum Gasteiger partial charge on any atom is -0.450 e. The lowest BCUT2D eigenvalue weighted by Crippen LogP contribution is -2.22. The number of hydrogen-bond donors (Lipinski definition) is 2. The van der Waals surface area contributed by atoms with Gasteiger partial charge < -0.3 is 14.5 Å². The Balaban J connectivity index is 1.65. The summed E-state index contributed by atoms with van der Waals surface area (Å²) in [6.07, 6.45) is 0. The number of amides is 1. The molecule has 2 aromatic carbocycles. The zero-order valence-electron chi connectivity index (χ0n) is 15.4. The number of nitrogens with one attached hydrogen (secondary N) is 1. The molecule has 0 unspecified atom stereocenters. The number of esters is 1. The van der Waals surface area contributed by atoms with Gasteiger partial charge in [0.05, 0.1) is 5.69 Å². The lowest BCUT2D eigenvalue weighted by molar-refractivity contribution is -0.119. The van der Waals surface area contributed by atoms with Crippen LogP contribution in [0.25, 0.3) is 0 Å². The smallest absolute Gasteiger partial charge is 0.374 e. The Hall–Kier alpha value is -3.76. The number of carbonyl (C=O) groups is 3. The Morgan fingerprint density at radius 3 is 2.27 bits per heavy atom. The fraction of sp³-hybridized carbons (Fsp3) is 0.0500. The van der Waals surface area contributed by atoms with Crippen molar-refractivity contribution in [2.24, 2.45) is 5.14 Å². The van der Waals surface area contributed by atoms with Gasteiger partial charge in [0.1, 0.15) is 0 Å². The number of ether oxygens (including phenoxy) is 1. The van der Waals surface area contributed by atoms with Crippen molar-refractivity contribution in [2.75, 3.05) is 11.9 Å². The molecular formula is C20H16N2O7S. The molecule has 0 saturated heterocycles. The maximum absolute atomic E-state index is 12.7. The van der Waals surface area contributed by atoms with Crippen molar-refractivity contribution in [3.05, 3.63) is 83.6 Å². The average Bonchev–Trinajstić information content (AvgIpc) is 3.24. The first-order chi connectivity index (χ1) is 14.3. The Morgan fingerprint density at radius 2 is 1.60 bits per heavy atom. The van der Waals surface area contributed by atoms with E-state index in [9.17, 15) is 22.8 Å². The molecule has 9 nitrogen and oxygen atoms in total. The molecule has 0 atom stereocenters. The number of furan rings is 1. The largest absolute Gasteiger partial charge is 0.450 e. The third-order valence-corrected chi connectivity index (χ3v) is 4.66. The number of nitrogens with two attached hydrogens (primary N) is 1. The second kappa shape index (κ2) is 8.72. The minimum atomic E-state index is -4.11. The number of sulfonamides is 1. The Bertz CT molecular complexity index is 1200. The molecule has 154 valence electrons. The highest BCUT2D eigenvalue weighted by Gasteiger charge is 2.20. The highest BCUT2D eigenvalue weighted by molar-refractivity contribution is 7.89. The van der Waals surface area contributed by atoms with Gasteiger partial charge in [-0.15, -0.1) is 0 Å². The van der Waals surface area contributed by atoms with Crippen molar-refractivity contribution in [3.63, 3.8) is 0 Å². The first-order valence-electron chi connectivity index (χ1n) is 8.54. The van der Waals surface area contributed by atoms with E-state index in [4.69, 9.17) is 14.3 Å². The molecule has 10 heteroatoms. The van der Waals surface area contributed by atoms with Gasteiger partial charge in [-0.25, -0.2) is 18.4 Å². The Kier molecular flexibility index (Phi) is 6.09. The molecule has 1 amide bonds. The number of hydrogen-bond acceptors (Lipinski definition) is 7. The van der Waals surface area contributed by atoms with Crippen LogP contribution in [-0.2, 0) is 19.6 Å². The number of anilines is 1. The molecule has 0 aliphatic rings. The highest BCUT2D eigenvalue weighted by atomic mass is 32.2. The van der Waals surface area contributed by atoms with Crippen molar-refractivity contribution < 1.29 is 32.0 Å². The molecule has 1 aromatic heterocycles. The predicted molar refractivity (Wildman–Crippen MR) is 105 cm³/mol. The van der Waals surface area contributed by atoms with Crippen LogP contribution in [0, 0.1) is 0 Å². The number of carbonyl (C=O) groups excluding carboxylic acids is 3. The monoisotopic (exact) mass is 428 g/mol. The van der Waals surface area contributed by atoms with E-state index in [1.807, 2.05) is 0 Å². The topological polar surface area (TPSA) is 146 Å². The number of rotatable bonds is 7. The summed E-state index contributed by atoms with van der Waals surface area (Å²) < 4.78 is 31.9. The fourth-order valence-corrected chi connectivity index (χ4v) is 2.97. The molecule has 0 saturated carbocycles. The van der Waals surface area contributed by atoms with Gasteiger partial charge in [-0.2, -0.15) is 0 Å². The lowest BCUT2D eigenvalue weighted by atomic mass is 10.0. The normalized spacial score (nSPS) is 11.0. The predicted octanol–water partition coefficient (Wildman–Crippen LogP) is 1.95. The summed E-state index contributed by atoms with van der Waals surface area (Å²) in [5.41, 5.74) is 0.975.